The van der Waals surface area contributed by atoms with Crippen LogP contribution in [0.2, 0.25) is 0 Å². The second-order valence-electron chi connectivity index (χ2n) is 4.02. The Morgan fingerprint density at radius 1 is 1.44 bits per heavy atom. The first-order chi connectivity index (χ1) is 8.01. The Labute approximate surface area is 108 Å². The fraction of sp³-hybridized carbons (Fsp3) is 0.700. The Morgan fingerprint density at radius 3 is 2.00 bits per heavy atom. The molecule has 108 valence electrons. The van der Waals surface area contributed by atoms with E-state index >= 15 is 0 Å². The Hall–Kier alpha value is -0.960. The van der Waals surface area contributed by atoms with Crippen molar-refractivity contribution in [1.82, 2.24) is 0 Å². The van der Waals surface area contributed by atoms with Gasteiger partial charge in [0.25, 0.3) is 0 Å². The second-order valence-corrected chi connectivity index (χ2v) is 5.21. The molecule has 8 heteroatoms. The minimum atomic E-state index is -4.16. The number of allylic oxidation sites excluding steroid dienone is 1. The number of carboxylic acid groups (broad SMARTS) is 1. The summed E-state index contributed by atoms with van der Waals surface area (Å²) in [7, 11) is -3.29. The van der Waals surface area contributed by atoms with Gasteiger partial charge in [0.05, 0.1) is 7.11 Å². The van der Waals surface area contributed by atoms with E-state index in [0.29, 0.717) is 18.5 Å². The number of hydrogen-bond donors (Lipinski definition) is 3. The molecular weight excluding hydrogens is 262 g/mol. The molecule has 0 heterocycles. The summed E-state index contributed by atoms with van der Waals surface area (Å²) in [6, 6.07) is 0. The van der Waals surface area contributed by atoms with Crippen molar-refractivity contribution in [1.29, 1.82) is 0 Å². The highest BCUT2D eigenvalue weighted by Gasteiger charge is 2.26. The lowest BCUT2D eigenvalue weighted by molar-refractivity contribution is -0.133. The van der Waals surface area contributed by atoms with Crippen LogP contribution in [0, 0.1) is 5.41 Å². The molecule has 0 saturated carbocycles. The van der Waals surface area contributed by atoms with Crippen LogP contribution < -0.4 is 5.73 Å². The maximum atomic E-state index is 10.7. The average molecular weight is 283 g/mol. The Kier molecular flexibility index (Phi) is 8.83. The Morgan fingerprint density at radius 2 is 1.83 bits per heavy atom. The Bertz CT molecular complexity index is 385. The number of hydrogen-bond acceptors (Lipinski definition) is 5. The minimum absolute atomic E-state index is 0.324. The normalized spacial score (nSPS) is 12.7. The topological polar surface area (TPSA) is 127 Å². The van der Waals surface area contributed by atoms with E-state index in [1.54, 1.807) is 13.0 Å². The highest BCUT2D eigenvalue weighted by Crippen LogP contribution is 2.29. The van der Waals surface area contributed by atoms with Gasteiger partial charge < -0.3 is 10.8 Å². The van der Waals surface area contributed by atoms with Gasteiger partial charge in [-0.25, -0.2) is 4.79 Å². The SMILES string of the molecule is CC=C(C(=O)O)C(C)(C)CCN.COS(=O)(=O)O. The predicted octanol–water partition coefficient (Wildman–Crippen LogP) is 0.828. The largest absolute Gasteiger partial charge is 0.478 e. The van der Waals surface area contributed by atoms with Crippen LogP contribution in [-0.2, 0) is 19.4 Å². The number of carboxylic acids is 1. The van der Waals surface area contributed by atoms with E-state index in [0.717, 1.165) is 7.11 Å². The monoisotopic (exact) mass is 283 g/mol. The zero-order valence-corrected chi connectivity index (χ0v) is 11.8. The molecule has 0 saturated heterocycles. The van der Waals surface area contributed by atoms with Gasteiger partial charge in [0, 0.05) is 5.57 Å². The second kappa shape index (κ2) is 8.20. The van der Waals surface area contributed by atoms with Gasteiger partial charge in [-0.15, -0.1) is 0 Å². The molecule has 0 rings (SSSR count). The van der Waals surface area contributed by atoms with Crippen molar-refractivity contribution < 1.29 is 27.1 Å². The maximum absolute atomic E-state index is 10.7. The van der Waals surface area contributed by atoms with Gasteiger partial charge in [-0.2, -0.15) is 8.42 Å². The summed E-state index contributed by atoms with van der Waals surface area (Å²) in [6.45, 7) is 6.03. The lowest BCUT2D eigenvalue weighted by Crippen LogP contribution is -2.24. The van der Waals surface area contributed by atoms with E-state index in [1.165, 1.54) is 0 Å². The summed E-state index contributed by atoms with van der Waals surface area (Å²) in [4.78, 5) is 10.7. The van der Waals surface area contributed by atoms with Crippen molar-refractivity contribution in [3.8, 4) is 0 Å². The molecule has 0 aliphatic heterocycles. The van der Waals surface area contributed by atoms with E-state index in [-0.39, 0.29) is 5.41 Å². The van der Waals surface area contributed by atoms with Gasteiger partial charge in [-0.05, 0) is 25.3 Å². The number of nitrogens with two attached hydrogens (primary N) is 1. The summed E-state index contributed by atoms with van der Waals surface area (Å²) >= 11 is 0. The van der Waals surface area contributed by atoms with E-state index in [9.17, 15) is 13.2 Å². The maximum Gasteiger partial charge on any atom is 0.397 e. The zero-order chi connectivity index (χ0) is 15.0. The van der Waals surface area contributed by atoms with E-state index < -0.39 is 16.4 Å². The smallest absolute Gasteiger partial charge is 0.397 e. The summed E-state index contributed by atoms with van der Waals surface area (Å²) < 4.78 is 29.7. The molecule has 0 fully saturated rings. The van der Waals surface area contributed by atoms with Crippen molar-refractivity contribution in [3.63, 3.8) is 0 Å². The van der Waals surface area contributed by atoms with Crippen LogP contribution in [0.15, 0.2) is 11.6 Å². The molecule has 18 heavy (non-hydrogen) atoms. The van der Waals surface area contributed by atoms with Gasteiger partial charge >= 0.3 is 16.4 Å². The summed E-state index contributed by atoms with van der Waals surface area (Å²) in [5, 5.41) is 8.83. The number of carbonyl (C=O) groups is 1. The molecular formula is C10H21NO6S. The van der Waals surface area contributed by atoms with Gasteiger partial charge in [0.2, 0.25) is 0 Å². The first kappa shape index (κ1) is 19.4. The average Bonchev–Trinajstić information content (AvgIpc) is 2.17. The van der Waals surface area contributed by atoms with E-state index in [2.05, 4.69) is 4.18 Å². The summed E-state index contributed by atoms with van der Waals surface area (Å²) in [5.74, 6) is -0.851. The third-order valence-corrected chi connectivity index (χ3v) is 2.65. The van der Waals surface area contributed by atoms with Crippen LogP contribution in [0.5, 0.6) is 0 Å². The molecule has 7 nitrogen and oxygen atoms in total. The van der Waals surface area contributed by atoms with Crippen LogP contribution in [0.3, 0.4) is 0 Å². The lowest BCUT2D eigenvalue weighted by atomic mass is 9.81. The quantitative estimate of drug-likeness (QED) is 0.503. The van der Waals surface area contributed by atoms with Gasteiger partial charge in [-0.1, -0.05) is 19.9 Å². The van der Waals surface area contributed by atoms with Crippen molar-refractivity contribution >= 4 is 16.4 Å². The van der Waals surface area contributed by atoms with Crippen LogP contribution in [0.25, 0.3) is 0 Å². The van der Waals surface area contributed by atoms with Crippen LogP contribution >= 0.6 is 0 Å². The molecule has 0 aromatic heterocycles. The van der Waals surface area contributed by atoms with Crippen molar-refractivity contribution in [2.24, 2.45) is 11.1 Å². The Balaban J connectivity index is 0. The van der Waals surface area contributed by atoms with Crippen molar-refractivity contribution in [2.75, 3.05) is 13.7 Å². The molecule has 0 aromatic carbocycles. The lowest BCUT2D eigenvalue weighted by Gasteiger charge is -2.24. The molecule has 0 unspecified atom stereocenters. The molecule has 0 radical (unpaired) electrons. The first-order valence-electron chi connectivity index (χ1n) is 5.15. The predicted molar refractivity (Wildman–Crippen MR) is 67.4 cm³/mol. The zero-order valence-electron chi connectivity index (χ0n) is 11.0. The minimum Gasteiger partial charge on any atom is -0.478 e. The molecule has 0 amide bonds. The fourth-order valence-electron chi connectivity index (χ4n) is 1.30. The third kappa shape index (κ3) is 9.11. The summed E-state index contributed by atoms with van der Waals surface area (Å²) in [5.41, 5.74) is 5.50. The number of rotatable bonds is 5. The van der Waals surface area contributed by atoms with Crippen molar-refractivity contribution in [2.45, 2.75) is 27.2 Å². The van der Waals surface area contributed by atoms with E-state index in [1.807, 2.05) is 13.8 Å². The fourth-order valence-corrected chi connectivity index (χ4v) is 1.30. The van der Waals surface area contributed by atoms with Gasteiger partial charge in [-0.3, -0.25) is 8.74 Å². The molecule has 0 aliphatic carbocycles. The van der Waals surface area contributed by atoms with Gasteiger partial charge in [0.15, 0.2) is 0 Å². The standard InChI is InChI=1S/C9H17NO2.CH4O4S/c1-4-7(8(11)12)9(2,3)5-6-10;1-5-6(2,3)4/h4H,5-6,10H2,1-3H3,(H,11,12);1H3,(H,2,3,4). The van der Waals surface area contributed by atoms with Crippen LogP contribution in [0.4, 0.5) is 0 Å². The first-order valence-corrected chi connectivity index (χ1v) is 6.51. The highest BCUT2D eigenvalue weighted by molar-refractivity contribution is 7.80. The van der Waals surface area contributed by atoms with Crippen molar-refractivity contribution in [3.05, 3.63) is 11.6 Å². The molecule has 0 bridgehead atoms. The molecule has 0 aliphatic rings. The third-order valence-electron chi connectivity index (χ3n) is 2.23. The summed E-state index contributed by atoms with van der Waals surface area (Å²) in [6.07, 6.45) is 2.33. The van der Waals surface area contributed by atoms with Crippen LogP contribution in [-0.4, -0.2) is 37.7 Å². The number of aliphatic carboxylic acids is 1. The molecule has 0 atom stereocenters. The van der Waals surface area contributed by atoms with E-state index in [4.69, 9.17) is 15.4 Å². The molecule has 0 aromatic rings. The molecule has 0 spiro atoms. The van der Waals surface area contributed by atoms with Gasteiger partial charge in [0.1, 0.15) is 0 Å². The molecule has 4 N–H and O–H groups in total. The highest BCUT2D eigenvalue weighted by atomic mass is 32.3. The van der Waals surface area contributed by atoms with Crippen LogP contribution in [0.1, 0.15) is 27.2 Å².